The molecule has 0 atom stereocenters. The number of amides is 3. The summed E-state index contributed by atoms with van der Waals surface area (Å²) in [5.41, 5.74) is 2.30. The molecule has 1 aliphatic rings. The van der Waals surface area contributed by atoms with E-state index in [4.69, 9.17) is 18.7 Å². The lowest BCUT2D eigenvalue weighted by Crippen LogP contribution is -2.37. The molecule has 10 heteroatoms. The maximum atomic E-state index is 11.9. The van der Waals surface area contributed by atoms with Crippen molar-refractivity contribution in [1.82, 2.24) is 15.4 Å². The first-order chi connectivity index (χ1) is 14.9. The quantitative estimate of drug-likeness (QED) is 0.500. The van der Waals surface area contributed by atoms with Crippen LogP contribution in [0.3, 0.4) is 0 Å². The van der Waals surface area contributed by atoms with Crippen LogP contribution in [0.2, 0.25) is 0 Å². The van der Waals surface area contributed by atoms with Gasteiger partial charge in [0.1, 0.15) is 12.4 Å². The number of benzene rings is 1. The van der Waals surface area contributed by atoms with Crippen LogP contribution >= 0.6 is 0 Å². The van der Waals surface area contributed by atoms with Crippen molar-refractivity contribution in [3.63, 3.8) is 0 Å². The summed E-state index contributed by atoms with van der Waals surface area (Å²) in [6, 6.07) is 4.68. The van der Waals surface area contributed by atoms with Crippen LogP contribution in [0, 0.1) is 13.8 Å². The molecule has 0 radical (unpaired) electrons. The third-order valence-electron chi connectivity index (χ3n) is 4.65. The highest BCUT2D eigenvalue weighted by molar-refractivity contribution is 5.97. The SMILES string of the molecule is COc1cc(/C=C/C(=O)OCC(=O)N2CCNC2=O)ccc1OCc1c(C)noc1C. The van der Waals surface area contributed by atoms with Gasteiger partial charge in [-0.15, -0.1) is 0 Å². The number of hydrogen-bond acceptors (Lipinski definition) is 8. The summed E-state index contributed by atoms with van der Waals surface area (Å²) in [6.07, 6.45) is 2.71. The summed E-state index contributed by atoms with van der Waals surface area (Å²) >= 11 is 0. The molecule has 1 aromatic carbocycles. The second-order valence-electron chi connectivity index (χ2n) is 6.72. The van der Waals surface area contributed by atoms with Crippen LogP contribution in [0.4, 0.5) is 4.79 Å². The van der Waals surface area contributed by atoms with E-state index in [-0.39, 0.29) is 13.2 Å². The van der Waals surface area contributed by atoms with Gasteiger partial charge in [-0.1, -0.05) is 11.2 Å². The van der Waals surface area contributed by atoms with Crippen molar-refractivity contribution < 1.29 is 33.1 Å². The van der Waals surface area contributed by atoms with Crippen molar-refractivity contribution in [2.45, 2.75) is 20.5 Å². The van der Waals surface area contributed by atoms with E-state index in [0.717, 1.165) is 16.2 Å². The fourth-order valence-electron chi connectivity index (χ4n) is 2.90. The highest BCUT2D eigenvalue weighted by Gasteiger charge is 2.26. The number of methoxy groups -OCH3 is 1. The molecule has 164 valence electrons. The van der Waals surface area contributed by atoms with E-state index in [1.165, 1.54) is 19.3 Å². The molecule has 0 unspecified atom stereocenters. The largest absolute Gasteiger partial charge is 0.493 e. The van der Waals surface area contributed by atoms with Crippen molar-refractivity contribution in [1.29, 1.82) is 0 Å². The number of nitrogens with zero attached hydrogens (tertiary/aromatic N) is 2. The van der Waals surface area contributed by atoms with Crippen molar-refractivity contribution >= 4 is 24.0 Å². The smallest absolute Gasteiger partial charge is 0.331 e. The number of carbonyl (C=O) groups excluding carboxylic acids is 3. The van der Waals surface area contributed by atoms with Crippen molar-refractivity contribution in [2.24, 2.45) is 0 Å². The van der Waals surface area contributed by atoms with Crippen LogP contribution in [0.1, 0.15) is 22.6 Å². The van der Waals surface area contributed by atoms with Gasteiger partial charge in [0, 0.05) is 19.2 Å². The van der Waals surface area contributed by atoms with Crippen molar-refractivity contribution in [3.05, 3.63) is 46.9 Å². The van der Waals surface area contributed by atoms with Gasteiger partial charge < -0.3 is 24.1 Å². The van der Waals surface area contributed by atoms with E-state index >= 15 is 0 Å². The summed E-state index contributed by atoms with van der Waals surface area (Å²) < 4.78 is 21.2. The number of imide groups is 1. The van der Waals surface area contributed by atoms with Gasteiger partial charge in [0.05, 0.1) is 18.4 Å². The molecule has 2 heterocycles. The van der Waals surface area contributed by atoms with Crippen LogP contribution in [0.5, 0.6) is 11.5 Å². The predicted molar refractivity (Wildman–Crippen MR) is 108 cm³/mol. The molecule has 1 saturated heterocycles. The lowest BCUT2D eigenvalue weighted by Gasteiger charge is -2.11. The van der Waals surface area contributed by atoms with Gasteiger partial charge in [-0.25, -0.2) is 9.59 Å². The molecule has 1 fully saturated rings. The fourth-order valence-corrected chi connectivity index (χ4v) is 2.90. The monoisotopic (exact) mass is 429 g/mol. The fraction of sp³-hybridized carbons (Fsp3) is 0.333. The van der Waals surface area contributed by atoms with Gasteiger partial charge in [0.2, 0.25) is 0 Å². The van der Waals surface area contributed by atoms with Gasteiger partial charge in [0.15, 0.2) is 18.1 Å². The third-order valence-corrected chi connectivity index (χ3v) is 4.65. The number of carbonyl (C=O) groups is 3. The Hall–Kier alpha value is -3.82. The number of aromatic nitrogens is 1. The molecule has 3 rings (SSSR count). The summed E-state index contributed by atoms with van der Waals surface area (Å²) in [6.45, 7) is 4.08. The number of aryl methyl sites for hydroxylation is 2. The Bertz CT molecular complexity index is 993. The van der Waals surface area contributed by atoms with Crippen molar-refractivity contribution in [2.75, 3.05) is 26.8 Å². The number of rotatable bonds is 8. The summed E-state index contributed by atoms with van der Waals surface area (Å²) in [5.74, 6) is 0.427. The average molecular weight is 429 g/mol. The zero-order valence-corrected chi connectivity index (χ0v) is 17.5. The third kappa shape index (κ3) is 5.41. The van der Waals surface area contributed by atoms with E-state index in [9.17, 15) is 14.4 Å². The zero-order chi connectivity index (χ0) is 22.4. The molecule has 10 nitrogen and oxygen atoms in total. The van der Waals surface area contributed by atoms with E-state index in [1.807, 2.05) is 13.8 Å². The van der Waals surface area contributed by atoms with Gasteiger partial charge in [-0.3, -0.25) is 9.69 Å². The Kier molecular flexibility index (Phi) is 6.91. The normalized spacial score (nSPS) is 13.4. The molecule has 1 N–H and O–H groups in total. The molecule has 1 aliphatic heterocycles. The number of hydrogen-bond donors (Lipinski definition) is 1. The lowest BCUT2D eigenvalue weighted by atomic mass is 10.2. The molecular formula is C21H23N3O7. The minimum Gasteiger partial charge on any atom is -0.493 e. The molecule has 1 aromatic heterocycles. The first-order valence-corrected chi connectivity index (χ1v) is 9.54. The Morgan fingerprint density at radius 2 is 2.10 bits per heavy atom. The van der Waals surface area contributed by atoms with E-state index in [1.54, 1.807) is 18.2 Å². The van der Waals surface area contributed by atoms with Gasteiger partial charge in [0.25, 0.3) is 5.91 Å². The lowest BCUT2D eigenvalue weighted by molar-refractivity contribution is -0.146. The van der Waals surface area contributed by atoms with Crippen LogP contribution < -0.4 is 14.8 Å². The zero-order valence-electron chi connectivity index (χ0n) is 17.5. The Balaban J connectivity index is 1.56. The second kappa shape index (κ2) is 9.79. The topological polar surface area (TPSA) is 120 Å². The molecule has 31 heavy (non-hydrogen) atoms. The van der Waals surface area contributed by atoms with Crippen LogP contribution in [-0.2, 0) is 20.9 Å². The Morgan fingerprint density at radius 1 is 1.29 bits per heavy atom. The van der Waals surface area contributed by atoms with Crippen LogP contribution in [-0.4, -0.2) is 54.8 Å². The van der Waals surface area contributed by atoms with Gasteiger partial charge in [-0.05, 0) is 37.6 Å². The summed E-state index contributed by atoms with van der Waals surface area (Å²) in [7, 11) is 1.51. The standard InChI is InChI=1S/C21H23N3O7/c1-13-16(14(2)31-23-13)11-29-17-6-4-15(10-18(17)28-3)5-7-20(26)30-12-19(25)24-9-8-22-21(24)27/h4-7,10H,8-9,11-12H2,1-3H3,(H,22,27)/b7-5+. The van der Waals surface area contributed by atoms with Gasteiger partial charge in [-0.2, -0.15) is 0 Å². The minimum absolute atomic E-state index is 0.259. The molecule has 0 spiro atoms. The first kappa shape index (κ1) is 21.9. The minimum atomic E-state index is -0.703. The molecule has 0 bridgehead atoms. The van der Waals surface area contributed by atoms with E-state index < -0.39 is 24.5 Å². The van der Waals surface area contributed by atoms with Crippen LogP contribution in [0.25, 0.3) is 6.08 Å². The number of esters is 1. The maximum Gasteiger partial charge on any atom is 0.331 e. The van der Waals surface area contributed by atoms with E-state index in [0.29, 0.717) is 29.4 Å². The average Bonchev–Trinajstić information content (AvgIpc) is 3.34. The van der Waals surface area contributed by atoms with Crippen LogP contribution in [0.15, 0.2) is 28.8 Å². The predicted octanol–water partition coefficient (Wildman–Crippen LogP) is 1.99. The number of ether oxygens (including phenoxy) is 3. The summed E-state index contributed by atoms with van der Waals surface area (Å²) in [5, 5.41) is 6.40. The maximum absolute atomic E-state index is 11.9. The molecule has 3 amide bonds. The van der Waals surface area contributed by atoms with Gasteiger partial charge >= 0.3 is 12.0 Å². The molecular weight excluding hydrogens is 406 g/mol. The summed E-state index contributed by atoms with van der Waals surface area (Å²) in [4.78, 5) is 36.2. The molecule has 0 aliphatic carbocycles. The molecule has 0 saturated carbocycles. The van der Waals surface area contributed by atoms with E-state index in [2.05, 4.69) is 10.5 Å². The molecule has 2 aromatic rings. The Morgan fingerprint density at radius 3 is 2.74 bits per heavy atom. The number of urea groups is 1. The number of nitrogens with one attached hydrogen (secondary N) is 1. The Labute approximate surface area is 178 Å². The highest BCUT2D eigenvalue weighted by Crippen LogP contribution is 2.30. The first-order valence-electron chi connectivity index (χ1n) is 9.54. The highest BCUT2D eigenvalue weighted by atomic mass is 16.5. The van der Waals surface area contributed by atoms with Crippen molar-refractivity contribution in [3.8, 4) is 11.5 Å². The second-order valence-corrected chi connectivity index (χ2v) is 6.72.